The van der Waals surface area contributed by atoms with Gasteiger partial charge in [-0.15, -0.1) is 0 Å². The molecule has 110 valence electrons. The molecule has 4 rings (SSSR count). The van der Waals surface area contributed by atoms with Gasteiger partial charge < -0.3 is 14.8 Å². The Morgan fingerprint density at radius 1 is 1.05 bits per heavy atom. The zero-order valence-corrected chi connectivity index (χ0v) is 13.1. The van der Waals surface area contributed by atoms with Crippen molar-refractivity contribution in [1.29, 1.82) is 0 Å². The quantitative estimate of drug-likeness (QED) is 0.923. The Morgan fingerprint density at radius 2 is 1.86 bits per heavy atom. The van der Waals surface area contributed by atoms with Crippen LogP contribution in [0.1, 0.15) is 34.6 Å². The molecule has 2 heterocycles. The second-order valence-electron chi connectivity index (χ2n) is 5.76. The molecule has 0 spiro atoms. The van der Waals surface area contributed by atoms with Crippen molar-refractivity contribution in [2.75, 3.05) is 14.2 Å². The number of methoxy groups -OCH3 is 2. The maximum Gasteiger partial charge on any atom is 0.161 e. The highest BCUT2D eigenvalue weighted by atomic mass is 32.1. The molecule has 1 aliphatic carbocycles. The van der Waals surface area contributed by atoms with Crippen LogP contribution in [0.3, 0.4) is 0 Å². The fourth-order valence-corrected chi connectivity index (χ4v) is 4.63. The molecule has 0 saturated heterocycles. The van der Waals surface area contributed by atoms with Crippen LogP contribution in [0.5, 0.6) is 11.5 Å². The third-order valence-corrected chi connectivity index (χ3v) is 5.58. The van der Waals surface area contributed by atoms with Gasteiger partial charge in [-0.3, -0.25) is 0 Å². The van der Waals surface area contributed by atoms with Crippen molar-refractivity contribution in [3.63, 3.8) is 0 Å². The summed E-state index contributed by atoms with van der Waals surface area (Å²) in [4.78, 5) is 0. The van der Waals surface area contributed by atoms with Crippen LogP contribution in [-0.2, 0) is 13.0 Å². The first kappa shape index (κ1) is 13.2. The van der Waals surface area contributed by atoms with Crippen LogP contribution in [-0.4, -0.2) is 20.3 Å². The van der Waals surface area contributed by atoms with E-state index in [-0.39, 0.29) is 0 Å². The molecule has 0 fully saturated rings. The Labute approximate surface area is 128 Å². The van der Waals surface area contributed by atoms with Crippen molar-refractivity contribution in [2.45, 2.75) is 31.3 Å². The smallest absolute Gasteiger partial charge is 0.161 e. The number of rotatable bonds is 2. The van der Waals surface area contributed by atoms with Crippen molar-refractivity contribution in [3.05, 3.63) is 45.1 Å². The van der Waals surface area contributed by atoms with Gasteiger partial charge in [-0.1, -0.05) is 0 Å². The van der Waals surface area contributed by atoms with Crippen molar-refractivity contribution >= 4 is 11.3 Å². The number of hydrogen-bond donors (Lipinski definition) is 1. The van der Waals surface area contributed by atoms with Gasteiger partial charge in [-0.2, -0.15) is 11.3 Å². The van der Waals surface area contributed by atoms with Crippen molar-refractivity contribution in [1.82, 2.24) is 5.32 Å². The van der Waals surface area contributed by atoms with Gasteiger partial charge in [0.2, 0.25) is 0 Å². The fourth-order valence-electron chi connectivity index (χ4n) is 3.73. The van der Waals surface area contributed by atoms with E-state index in [0.29, 0.717) is 12.0 Å². The molecule has 0 amide bonds. The van der Waals surface area contributed by atoms with Crippen LogP contribution in [0, 0.1) is 0 Å². The minimum atomic E-state index is 0.448. The molecule has 2 aliphatic rings. The molecular weight excluding hydrogens is 282 g/mol. The predicted molar refractivity (Wildman–Crippen MR) is 84.7 cm³/mol. The minimum Gasteiger partial charge on any atom is -0.493 e. The largest absolute Gasteiger partial charge is 0.493 e. The van der Waals surface area contributed by atoms with E-state index in [0.717, 1.165) is 24.5 Å². The lowest BCUT2D eigenvalue weighted by atomic mass is 9.73. The number of ether oxygens (including phenoxy) is 2. The fraction of sp³-hybridized carbons (Fsp3) is 0.412. The molecule has 0 radical (unpaired) electrons. The molecule has 4 heteroatoms. The number of thiophene rings is 1. The number of nitrogens with one attached hydrogen (secondary N) is 1. The third kappa shape index (κ3) is 1.97. The molecule has 1 aliphatic heterocycles. The average molecular weight is 301 g/mol. The summed E-state index contributed by atoms with van der Waals surface area (Å²) in [6.07, 6.45) is 2.28. The summed E-state index contributed by atoms with van der Waals surface area (Å²) in [7, 11) is 3.41. The van der Waals surface area contributed by atoms with Gasteiger partial charge in [0.05, 0.1) is 14.2 Å². The highest BCUT2D eigenvalue weighted by molar-refractivity contribution is 7.08. The molecule has 0 unspecified atom stereocenters. The Kier molecular flexibility index (Phi) is 3.16. The first-order valence-corrected chi connectivity index (χ1v) is 8.29. The summed E-state index contributed by atoms with van der Waals surface area (Å²) in [6.45, 7) is 1.00. The highest BCUT2D eigenvalue weighted by Gasteiger charge is 2.36. The van der Waals surface area contributed by atoms with E-state index >= 15 is 0 Å². The molecular formula is C17H19NO2S. The first-order valence-electron chi connectivity index (χ1n) is 7.35. The summed E-state index contributed by atoms with van der Waals surface area (Å²) < 4.78 is 11.0. The van der Waals surface area contributed by atoms with E-state index in [9.17, 15) is 0 Å². The molecule has 1 aromatic carbocycles. The van der Waals surface area contributed by atoms with E-state index in [1.54, 1.807) is 14.2 Å². The predicted octanol–water partition coefficient (Wildman–Crippen LogP) is 3.32. The molecule has 0 saturated carbocycles. The van der Waals surface area contributed by atoms with Crippen LogP contribution in [0.2, 0.25) is 0 Å². The summed E-state index contributed by atoms with van der Waals surface area (Å²) >= 11 is 1.81. The van der Waals surface area contributed by atoms with Gasteiger partial charge >= 0.3 is 0 Å². The maximum atomic E-state index is 5.51. The van der Waals surface area contributed by atoms with Crippen LogP contribution >= 0.6 is 11.3 Å². The maximum absolute atomic E-state index is 5.51. The normalized spacial score (nSPS) is 23.0. The van der Waals surface area contributed by atoms with Crippen molar-refractivity contribution in [2.24, 2.45) is 0 Å². The molecule has 1 aromatic heterocycles. The summed E-state index contributed by atoms with van der Waals surface area (Å²) in [6, 6.07) is 4.88. The lowest BCUT2D eigenvalue weighted by Gasteiger charge is -2.38. The summed E-state index contributed by atoms with van der Waals surface area (Å²) in [5, 5.41) is 8.30. The van der Waals surface area contributed by atoms with E-state index in [4.69, 9.17) is 9.47 Å². The van der Waals surface area contributed by atoms with Crippen LogP contribution < -0.4 is 14.8 Å². The van der Waals surface area contributed by atoms with E-state index in [2.05, 4.69) is 28.2 Å². The second-order valence-corrected chi connectivity index (χ2v) is 6.51. The van der Waals surface area contributed by atoms with E-state index in [1.807, 2.05) is 11.3 Å². The van der Waals surface area contributed by atoms with Crippen LogP contribution in [0.15, 0.2) is 22.9 Å². The molecule has 21 heavy (non-hydrogen) atoms. The second kappa shape index (κ2) is 5.04. The number of aryl methyl sites for hydroxylation is 1. The Bertz CT molecular complexity index is 679. The number of benzene rings is 1. The average Bonchev–Trinajstić information content (AvgIpc) is 3.01. The zero-order valence-electron chi connectivity index (χ0n) is 12.3. The lowest BCUT2D eigenvalue weighted by molar-refractivity contribution is 0.349. The summed E-state index contributed by atoms with van der Waals surface area (Å²) in [5.74, 6) is 2.12. The molecule has 0 bridgehead atoms. The monoisotopic (exact) mass is 301 g/mol. The van der Waals surface area contributed by atoms with Gasteiger partial charge in [0.15, 0.2) is 11.5 Å². The SMILES string of the molecule is COc1cc2c(cc1OC)[C@H]1c3cscc3CN[C@@H]1CC2. The Morgan fingerprint density at radius 3 is 2.67 bits per heavy atom. The third-order valence-electron chi connectivity index (χ3n) is 4.77. The number of hydrogen-bond acceptors (Lipinski definition) is 4. The van der Waals surface area contributed by atoms with Gasteiger partial charge in [0, 0.05) is 18.5 Å². The standard InChI is InChI=1S/C17H19NO2S/c1-19-15-5-10-3-4-14-17(12(10)6-16(15)20-2)13-9-21-8-11(13)7-18-14/h5-6,8-9,14,17-18H,3-4,7H2,1-2H3/t14-,17+/m1/s1. The molecule has 2 aromatic rings. The molecule has 3 nitrogen and oxygen atoms in total. The molecule has 2 atom stereocenters. The van der Waals surface area contributed by atoms with Gasteiger partial charge in [0.25, 0.3) is 0 Å². The Hall–Kier alpha value is -1.52. The Balaban J connectivity index is 1.88. The van der Waals surface area contributed by atoms with E-state index < -0.39 is 0 Å². The van der Waals surface area contributed by atoms with Crippen molar-refractivity contribution in [3.8, 4) is 11.5 Å². The lowest BCUT2D eigenvalue weighted by Crippen LogP contribution is -2.42. The van der Waals surface area contributed by atoms with Gasteiger partial charge in [-0.25, -0.2) is 0 Å². The van der Waals surface area contributed by atoms with E-state index in [1.165, 1.54) is 28.7 Å². The molecule has 1 N–H and O–H groups in total. The topological polar surface area (TPSA) is 30.5 Å². The number of fused-ring (bicyclic) bond motifs is 5. The van der Waals surface area contributed by atoms with Gasteiger partial charge in [-0.05, 0) is 58.0 Å². The van der Waals surface area contributed by atoms with Crippen molar-refractivity contribution < 1.29 is 9.47 Å². The zero-order chi connectivity index (χ0) is 14.4. The minimum absolute atomic E-state index is 0.448. The van der Waals surface area contributed by atoms with Crippen LogP contribution in [0.25, 0.3) is 0 Å². The first-order chi connectivity index (χ1) is 10.3. The van der Waals surface area contributed by atoms with Crippen LogP contribution in [0.4, 0.5) is 0 Å². The van der Waals surface area contributed by atoms with Gasteiger partial charge in [0.1, 0.15) is 0 Å². The summed E-state index contributed by atoms with van der Waals surface area (Å²) in [5.41, 5.74) is 5.74. The highest BCUT2D eigenvalue weighted by Crippen LogP contribution is 2.45.